The van der Waals surface area contributed by atoms with Gasteiger partial charge in [0, 0.05) is 23.9 Å². The molecule has 170 valence electrons. The van der Waals surface area contributed by atoms with E-state index in [0.29, 0.717) is 0 Å². The molecule has 1 N–H and O–H groups in total. The Balaban J connectivity index is 1.78. The van der Waals surface area contributed by atoms with E-state index in [9.17, 15) is 4.79 Å². The summed E-state index contributed by atoms with van der Waals surface area (Å²) in [7, 11) is 0. The Labute approximate surface area is 179 Å². The molecule has 0 aromatic carbocycles. The highest BCUT2D eigenvalue weighted by atomic mass is 16.7. The molecule has 29 heavy (non-hydrogen) atoms. The van der Waals surface area contributed by atoms with E-state index in [2.05, 4.69) is 45.0 Å². The molecule has 0 aromatic rings. The van der Waals surface area contributed by atoms with Crippen molar-refractivity contribution in [1.82, 2.24) is 10.4 Å². The van der Waals surface area contributed by atoms with Crippen molar-refractivity contribution in [2.24, 2.45) is 0 Å². The molecule has 0 unspecified atom stereocenters. The third-order valence-electron chi connectivity index (χ3n) is 6.34. The van der Waals surface area contributed by atoms with Crippen LogP contribution in [0.25, 0.3) is 0 Å². The van der Waals surface area contributed by atoms with Crippen molar-refractivity contribution in [3.8, 4) is 0 Å². The maximum atomic E-state index is 12.4. The molecule has 0 radical (unpaired) electrons. The van der Waals surface area contributed by atoms with Gasteiger partial charge in [-0.2, -0.15) is 5.06 Å². The van der Waals surface area contributed by atoms with Gasteiger partial charge in [-0.25, -0.2) is 0 Å². The topological polar surface area (TPSA) is 50.8 Å². The summed E-state index contributed by atoms with van der Waals surface area (Å²) in [6.45, 7) is 15.5. The van der Waals surface area contributed by atoms with Crippen LogP contribution in [0.4, 0.5) is 0 Å². The van der Waals surface area contributed by atoms with Crippen molar-refractivity contribution in [2.75, 3.05) is 6.61 Å². The lowest BCUT2D eigenvalue weighted by Crippen LogP contribution is -2.68. The van der Waals surface area contributed by atoms with E-state index < -0.39 is 11.3 Å². The summed E-state index contributed by atoms with van der Waals surface area (Å²) in [6.07, 6.45) is 13.3. The fourth-order valence-corrected chi connectivity index (χ4v) is 5.42. The van der Waals surface area contributed by atoms with Crippen LogP contribution in [-0.2, 0) is 14.4 Å². The Bertz CT molecular complexity index is 524. The van der Waals surface area contributed by atoms with E-state index in [0.717, 1.165) is 25.9 Å². The molecule has 2 saturated heterocycles. The van der Waals surface area contributed by atoms with Crippen LogP contribution in [0.15, 0.2) is 0 Å². The van der Waals surface area contributed by atoms with E-state index in [4.69, 9.17) is 9.57 Å². The summed E-state index contributed by atoms with van der Waals surface area (Å²) in [4.78, 5) is 18.7. The lowest BCUT2D eigenvalue weighted by atomic mass is 9.76. The minimum absolute atomic E-state index is 0.0202. The van der Waals surface area contributed by atoms with Gasteiger partial charge in [0.05, 0.1) is 6.61 Å². The molecule has 5 heteroatoms. The fraction of sp³-hybridized carbons (Fsp3) is 0.958. The van der Waals surface area contributed by atoms with Gasteiger partial charge in [-0.15, -0.1) is 0 Å². The van der Waals surface area contributed by atoms with Gasteiger partial charge in [0.25, 0.3) is 5.91 Å². The zero-order valence-corrected chi connectivity index (χ0v) is 20.2. The molecule has 0 aliphatic carbocycles. The molecule has 1 amide bonds. The third kappa shape index (κ3) is 6.41. The number of unbranched alkanes of at least 4 members (excludes halogenated alkanes) is 8. The number of carbonyl (C=O) groups excluding carboxylic acids is 1. The normalized spacial score (nSPS) is 24.7. The number of piperidine rings is 1. The molecule has 0 saturated carbocycles. The highest BCUT2D eigenvalue weighted by molar-refractivity contribution is 5.86. The Morgan fingerprint density at radius 1 is 0.862 bits per heavy atom. The standard InChI is InChI=1S/C24H46N2O3/c1-8-9-10-11-12-13-14-15-16-17-28-26-21(2,3)18-24(19-22(26,4)5)25-20(27)23(6,7)29-24/h8-19H2,1-7H3,(H,25,27). The van der Waals surface area contributed by atoms with Crippen molar-refractivity contribution in [3.63, 3.8) is 0 Å². The van der Waals surface area contributed by atoms with Crippen molar-refractivity contribution < 1.29 is 14.4 Å². The van der Waals surface area contributed by atoms with E-state index in [1.165, 1.54) is 51.4 Å². The Hall–Kier alpha value is -0.650. The number of ether oxygens (including phenoxy) is 1. The molecule has 1 spiro atoms. The van der Waals surface area contributed by atoms with E-state index >= 15 is 0 Å². The van der Waals surface area contributed by atoms with Crippen molar-refractivity contribution in [2.45, 2.75) is 141 Å². The van der Waals surface area contributed by atoms with E-state index in [1.54, 1.807) is 0 Å². The second-order valence-corrected chi connectivity index (χ2v) is 11.0. The van der Waals surface area contributed by atoms with Crippen LogP contribution >= 0.6 is 0 Å². The maximum Gasteiger partial charge on any atom is 0.253 e. The molecular weight excluding hydrogens is 364 g/mol. The quantitative estimate of drug-likeness (QED) is 0.442. The van der Waals surface area contributed by atoms with Gasteiger partial charge >= 0.3 is 0 Å². The molecule has 2 heterocycles. The zero-order chi connectivity index (χ0) is 21.8. The summed E-state index contributed by atoms with van der Waals surface area (Å²) < 4.78 is 6.27. The van der Waals surface area contributed by atoms with Crippen LogP contribution in [-0.4, -0.2) is 40.0 Å². The first kappa shape index (κ1) is 24.6. The minimum Gasteiger partial charge on any atom is -0.340 e. The number of hydrogen-bond acceptors (Lipinski definition) is 4. The van der Waals surface area contributed by atoms with Gasteiger partial charge < -0.3 is 10.1 Å². The molecular formula is C24H46N2O3. The predicted molar refractivity (Wildman–Crippen MR) is 118 cm³/mol. The first-order valence-electron chi connectivity index (χ1n) is 11.9. The van der Waals surface area contributed by atoms with Gasteiger partial charge in [-0.3, -0.25) is 9.63 Å². The summed E-state index contributed by atoms with van der Waals surface area (Å²) in [5, 5.41) is 5.32. The molecule has 5 nitrogen and oxygen atoms in total. The smallest absolute Gasteiger partial charge is 0.253 e. The minimum atomic E-state index is -0.772. The molecule has 0 aromatic heterocycles. The number of nitrogens with one attached hydrogen (secondary N) is 1. The number of rotatable bonds is 11. The lowest BCUT2D eigenvalue weighted by Gasteiger charge is -2.56. The summed E-state index contributed by atoms with van der Waals surface area (Å²) >= 11 is 0. The van der Waals surface area contributed by atoms with Gasteiger partial charge in [0.2, 0.25) is 0 Å². The molecule has 2 fully saturated rings. The number of carbonyl (C=O) groups is 1. The average Bonchev–Trinajstić information content (AvgIpc) is 2.77. The maximum absolute atomic E-state index is 12.4. The first-order valence-corrected chi connectivity index (χ1v) is 11.9. The number of nitrogens with zero attached hydrogens (tertiary/aromatic N) is 1. The second-order valence-electron chi connectivity index (χ2n) is 11.0. The van der Waals surface area contributed by atoms with Crippen molar-refractivity contribution >= 4 is 5.91 Å². The van der Waals surface area contributed by atoms with Crippen LogP contribution in [0.5, 0.6) is 0 Å². The first-order chi connectivity index (χ1) is 13.4. The van der Waals surface area contributed by atoms with Crippen molar-refractivity contribution in [3.05, 3.63) is 0 Å². The number of hydrogen-bond donors (Lipinski definition) is 1. The van der Waals surface area contributed by atoms with Gasteiger partial charge in [0.1, 0.15) is 11.3 Å². The number of hydroxylamine groups is 2. The van der Waals surface area contributed by atoms with Crippen molar-refractivity contribution in [1.29, 1.82) is 0 Å². The van der Waals surface area contributed by atoms with Gasteiger partial charge in [0.15, 0.2) is 0 Å². The Kier molecular flexibility index (Phi) is 8.20. The highest BCUT2D eigenvalue weighted by Gasteiger charge is 2.60. The third-order valence-corrected chi connectivity index (χ3v) is 6.34. The highest BCUT2D eigenvalue weighted by Crippen LogP contribution is 2.47. The Morgan fingerprint density at radius 3 is 1.79 bits per heavy atom. The monoisotopic (exact) mass is 410 g/mol. The van der Waals surface area contributed by atoms with Crippen LogP contribution in [0.2, 0.25) is 0 Å². The predicted octanol–water partition coefficient (Wildman–Crippen LogP) is 5.72. The molecule has 0 bridgehead atoms. The molecule has 2 aliphatic rings. The molecule has 2 aliphatic heterocycles. The van der Waals surface area contributed by atoms with Crippen LogP contribution in [0.3, 0.4) is 0 Å². The zero-order valence-electron chi connectivity index (χ0n) is 20.2. The van der Waals surface area contributed by atoms with E-state index in [-0.39, 0.29) is 17.0 Å². The molecule has 2 rings (SSSR count). The largest absolute Gasteiger partial charge is 0.340 e. The van der Waals surface area contributed by atoms with Crippen LogP contribution in [0, 0.1) is 0 Å². The van der Waals surface area contributed by atoms with Gasteiger partial charge in [-0.1, -0.05) is 58.3 Å². The SMILES string of the molecule is CCCCCCCCCCCON1C(C)(C)CC2(CC1(C)C)NC(=O)C(C)(C)O2. The second kappa shape index (κ2) is 9.65. The Morgan fingerprint density at radius 2 is 1.34 bits per heavy atom. The van der Waals surface area contributed by atoms with Crippen LogP contribution < -0.4 is 5.32 Å². The van der Waals surface area contributed by atoms with Gasteiger partial charge in [-0.05, 0) is 48.0 Å². The summed E-state index contributed by atoms with van der Waals surface area (Å²) in [6, 6.07) is 0. The van der Waals surface area contributed by atoms with Crippen LogP contribution in [0.1, 0.15) is 119 Å². The number of amides is 1. The average molecular weight is 411 g/mol. The summed E-state index contributed by atoms with van der Waals surface area (Å²) in [5.74, 6) is -0.0202. The molecule has 0 atom stereocenters. The fourth-order valence-electron chi connectivity index (χ4n) is 5.42. The summed E-state index contributed by atoms with van der Waals surface area (Å²) in [5.41, 5.74) is -1.83. The lowest BCUT2D eigenvalue weighted by molar-refractivity contribution is -0.313. The van der Waals surface area contributed by atoms with E-state index in [1.807, 2.05) is 13.8 Å².